The van der Waals surface area contributed by atoms with Crippen LogP contribution < -0.4 is 21.1 Å². The minimum atomic E-state index is -0.533. The Morgan fingerprint density at radius 2 is 1.83 bits per heavy atom. The third kappa shape index (κ3) is 5.94. The molecular weight excluding hydrogens is 522 g/mol. The molecule has 1 aromatic carbocycles. The first-order chi connectivity index (χ1) is 19.9. The number of pyridine rings is 1. The summed E-state index contributed by atoms with van der Waals surface area (Å²) >= 11 is 0. The third-order valence-electron chi connectivity index (χ3n) is 6.91. The van der Waals surface area contributed by atoms with Gasteiger partial charge in [0.05, 0.1) is 30.9 Å². The van der Waals surface area contributed by atoms with Gasteiger partial charge in [0.2, 0.25) is 5.95 Å². The van der Waals surface area contributed by atoms with Crippen LogP contribution in [0.2, 0.25) is 0 Å². The molecule has 1 aliphatic heterocycles. The minimum Gasteiger partial charge on any atom is -0.494 e. The van der Waals surface area contributed by atoms with Crippen molar-refractivity contribution in [3.8, 4) is 23.0 Å². The average Bonchev–Trinajstić information content (AvgIpc) is 3.43. The fourth-order valence-electron chi connectivity index (χ4n) is 4.76. The first kappa shape index (κ1) is 27.9. The van der Waals surface area contributed by atoms with Crippen molar-refractivity contribution in [2.45, 2.75) is 58.5 Å². The predicted molar refractivity (Wildman–Crippen MR) is 153 cm³/mol. The Kier molecular flexibility index (Phi) is 8.34. The molecule has 5 rings (SSSR count). The lowest BCUT2D eigenvalue weighted by Gasteiger charge is -2.18. The maximum absolute atomic E-state index is 14.1. The van der Waals surface area contributed by atoms with Crippen molar-refractivity contribution in [1.29, 1.82) is 0 Å². The molecule has 1 unspecified atom stereocenters. The first-order valence-corrected chi connectivity index (χ1v) is 13.7. The molecule has 3 aromatic heterocycles. The number of unbranched alkanes of at least 4 members (excludes halogenated alkanes) is 1. The quantitative estimate of drug-likeness (QED) is 0.292. The van der Waals surface area contributed by atoms with Gasteiger partial charge in [0.15, 0.2) is 5.75 Å². The summed E-state index contributed by atoms with van der Waals surface area (Å²) in [5.41, 5.74) is 7.20. The maximum atomic E-state index is 14.1. The number of hydroxylamine groups is 1. The van der Waals surface area contributed by atoms with Gasteiger partial charge in [-0.1, -0.05) is 57.5 Å². The van der Waals surface area contributed by atoms with Gasteiger partial charge in [0.1, 0.15) is 12.0 Å². The molecule has 1 amide bonds. The largest absolute Gasteiger partial charge is 0.494 e. The highest BCUT2D eigenvalue weighted by Gasteiger charge is 2.26. The van der Waals surface area contributed by atoms with Gasteiger partial charge in [-0.05, 0) is 24.5 Å². The lowest BCUT2D eigenvalue weighted by Crippen LogP contribution is -2.31. The topological polar surface area (TPSA) is 133 Å². The Balaban J connectivity index is 1.52. The zero-order chi connectivity index (χ0) is 28.9. The monoisotopic (exact) mass is 555 g/mol. The second kappa shape index (κ2) is 12.3. The van der Waals surface area contributed by atoms with Crippen LogP contribution in [0.15, 0.2) is 59.8 Å². The van der Waals surface area contributed by atoms with E-state index in [-0.39, 0.29) is 17.4 Å². The van der Waals surface area contributed by atoms with Gasteiger partial charge in [0.25, 0.3) is 5.56 Å². The fourth-order valence-corrected chi connectivity index (χ4v) is 4.76. The Labute approximate surface area is 238 Å². The highest BCUT2D eigenvalue weighted by atomic mass is 16.7. The molecule has 4 heterocycles. The van der Waals surface area contributed by atoms with Crippen LogP contribution in [0.3, 0.4) is 0 Å². The van der Waals surface area contributed by atoms with Crippen LogP contribution in [0.4, 0.5) is 4.79 Å². The van der Waals surface area contributed by atoms with E-state index in [1.54, 1.807) is 25.7 Å². The van der Waals surface area contributed by atoms with E-state index in [9.17, 15) is 9.59 Å². The summed E-state index contributed by atoms with van der Waals surface area (Å²) in [7, 11) is 1.54. The lowest BCUT2D eigenvalue weighted by molar-refractivity contribution is 0.122. The molecule has 0 aliphatic carbocycles. The van der Waals surface area contributed by atoms with Crippen LogP contribution in [-0.2, 0) is 17.7 Å². The number of amides is 1. The summed E-state index contributed by atoms with van der Waals surface area (Å²) in [6.07, 6.45) is 6.82. The van der Waals surface area contributed by atoms with Crippen molar-refractivity contribution in [3.05, 3.63) is 93.6 Å². The fraction of sp³-hybridized carbons (Fsp3) is 0.333. The van der Waals surface area contributed by atoms with Crippen LogP contribution in [0.5, 0.6) is 5.75 Å². The zero-order valence-corrected chi connectivity index (χ0v) is 23.5. The molecule has 1 fully saturated rings. The number of aryl methyl sites for hydroxylation is 1. The summed E-state index contributed by atoms with van der Waals surface area (Å²) in [5, 5.41) is 2.73. The molecule has 0 radical (unpaired) electrons. The van der Waals surface area contributed by atoms with Gasteiger partial charge in [-0.15, -0.1) is 5.48 Å². The van der Waals surface area contributed by atoms with E-state index in [1.165, 1.54) is 4.57 Å². The van der Waals surface area contributed by atoms with E-state index in [0.29, 0.717) is 30.0 Å². The predicted octanol–water partition coefficient (Wildman–Crippen LogP) is 4.39. The van der Waals surface area contributed by atoms with E-state index in [1.807, 2.05) is 50.2 Å². The van der Waals surface area contributed by atoms with Crippen molar-refractivity contribution in [3.63, 3.8) is 0 Å². The van der Waals surface area contributed by atoms with Crippen LogP contribution >= 0.6 is 0 Å². The van der Waals surface area contributed by atoms with E-state index in [0.717, 1.165) is 40.9 Å². The summed E-state index contributed by atoms with van der Waals surface area (Å²) < 4.78 is 6.71. The lowest BCUT2D eigenvalue weighted by atomic mass is 9.99. The highest BCUT2D eigenvalue weighted by Crippen LogP contribution is 2.28. The number of benzene rings is 1. The number of carbonyl (C=O) groups excluding carboxylic acids is 1. The Morgan fingerprint density at radius 3 is 2.46 bits per heavy atom. The number of methoxy groups -OCH3 is 1. The third-order valence-corrected chi connectivity index (χ3v) is 6.91. The SMILES string of the molecule is CCCCc1nc(C(C)C)n(-c2ncc(OC)cn2)c(=O)c1Cc1ccc(-c2ccccc2C2NOC(=O)N2)nc1. The molecule has 0 saturated carbocycles. The Bertz CT molecular complexity index is 1580. The van der Waals surface area contributed by atoms with Crippen LogP contribution in [0, 0.1) is 0 Å². The van der Waals surface area contributed by atoms with Crippen molar-refractivity contribution < 1.29 is 14.4 Å². The molecule has 1 aliphatic rings. The molecule has 41 heavy (non-hydrogen) atoms. The van der Waals surface area contributed by atoms with Gasteiger partial charge < -0.3 is 9.57 Å². The Morgan fingerprint density at radius 1 is 1.05 bits per heavy atom. The van der Waals surface area contributed by atoms with E-state index < -0.39 is 12.3 Å². The number of nitrogens with zero attached hydrogens (tertiary/aromatic N) is 5. The number of ether oxygens (including phenoxy) is 1. The van der Waals surface area contributed by atoms with Crippen LogP contribution in [-0.4, -0.2) is 37.7 Å². The Hall–Kier alpha value is -4.64. The molecular formula is C30H33N7O4. The normalized spacial score (nSPS) is 14.7. The summed E-state index contributed by atoms with van der Waals surface area (Å²) in [4.78, 5) is 49.0. The van der Waals surface area contributed by atoms with Crippen molar-refractivity contribution in [2.24, 2.45) is 0 Å². The van der Waals surface area contributed by atoms with E-state index >= 15 is 0 Å². The summed E-state index contributed by atoms with van der Waals surface area (Å²) in [6.45, 7) is 6.13. The highest BCUT2D eigenvalue weighted by molar-refractivity contribution is 5.71. The number of carbonyl (C=O) groups is 1. The zero-order valence-electron chi connectivity index (χ0n) is 23.5. The van der Waals surface area contributed by atoms with Gasteiger partial charge >= 0.3 is 6.09 Å². The molecule has 4 aromatic rings. The smallest absolute Gasteiger partial charge is 0.427 e. The average molecular weight is 556 g/mol. The van der Waals surface area contributed by atoms with Gasteiger partial charge in [0, 0.05) is 35.2 Å². The number of aromatic nitrogens is 5. The van der Waals surface area contributed by atoms with Crippen molar-refractivity contribution in [1.82, 2.24) is 35.3 Å². The van der Waals surface area contributed by atoms with Crippen molar-refractivity contribution in [2.75, 3.05) is 7.11 Å². The van der Waals surface area contributed by atoms with Crippen LogP contribution in [0.1, 0.15) is 73.9 Å². The van der Waals surface area contributed by atoms with Crippen LogP contribution in [0.25, 0.3) is 17.2 Å². The minimum absolute atomic E-state index is 0.0200. The standard InChI is InChI=1S/C30H33N7O4/c1-5-6-11-25-23(28(38)37(27(34-25)18(2)3)29-32-16-20(40-4)17-33-29)14-19-12-13-24(31-15-19)21-9-7-8-10-22(21)26-35-30(39)41-36-26/h7-10,12-13,15-18,26,36H,5-6,11,14H2,1-4H3,(H,35,39). The molecule has 2 N–H and O–H groups in total. The summed E-state index contributed by atoms with van der Waals surface area (Å²) in [5.74, 6) is 1.37. The number of hydrogen-bond donors (Lipinski definition) is 2. The molecule has 1 saturated heterocycles. The molecule has 1 atom stereocenters. The molecule has 212 valence electrons. The summed E-state index contributed by atoms with van der Waals surface area (Å²) in [6, 6.07) is 11.5. The molecule has 11 nitrogen and oxygen atoms in total. The number of rotatable bonds is 10. The van der Waals surface area contributed by atoms with Gasteiger partial charge in [-0.3, -0.25) is 15.1 Å². The maximum Gasteiger partial charge on any atom is 0.427 e. The molecule has 0 spiro atoms. The van der Waals surface area contributed by atoms with E-state index in [4.69, 9.17) is 19.5 Å². The van der Waals surface area contributed by atoms with Crippen molar-refractivity contribution >= 4 is 6.09 Å². The number of hydrogen-bond acceptors (Lipinski definition) is 9. The first-order valence-electron chi connectivity index (χ1n) is 13.7. The second-order valence-corrected chi connectivity index (χ2v) is 10.1. The van der Waals surface area contributed by atoms with Gasteiger partial charge in [-0.25, -0.2) is 24.3 Å². The van der Waals surface area contributed by atoms with Gasteiger partial charge in [-0.2, -0.15) is 0 Å². The van der Waals surface area contributed by atoms with E-state index in [2.05, 4.69) is 27.7 Å². The molecule has 0 bridgehead atoms. The number of nitrogens with one attached hydrogen (secondary N) is 2. The second-order valence-electron chi connectivity index (χ2n) is 10.1. The molecule has 11 heteroatoms.